The number of benzene rings is 1. The van der Waals surface area contributed by atoms with E-state index >= 15 is 0 Å². The molecule has 4 rings (SSSR count). The van der Waals surface area contributed by atoms with Crippen molar-refractivity contribution in [2.45, 2.75) is 51.2 Å². The van der Waals surface area contributed by atoms with E-state index < -0.39 is 5.91 Å². The highest BCUT2D eigenvalue weighted by Gasteiger charge is 2.23. The SMILES string of the molecule is CCn1ncc2ccc(Nc3nc(N[C@@H]4CCCC[C@H]4N)nnc3C(N)=O)cc21. The maximum Gasteiger partial charge on any atom is 0.273 e. The zero-order valence-electron chi connectivity index (χ0n) is 16.3. The lowest BCUT2D eigenvalue weighted by Gasteiger charge is -2.29. The number of hydrogen-bond acceptors (Lipinski definition) is 8. The predicted molar refractivity (Wildman–Crippen MR) is 111 cm³/mol. The molecule has 2 aromatic heterocycles. The third-order valence-corrected chi connectivity index (χ3v) is 5.26. The van der Waals surface area contributed by atoms with Gasteiger partial charge < -0.3 is 22.1 Å². The molecule has 0 aliphatic heterocycles. The lowest BCUT2D eigenvalue weighted by atomic mass is 9.91. The van der Waals surface area contributed by atoms with Crippen molar-refractivity contribution in [3.8, 4) is 0 Å². The number of primary amides is 1. The first-order valence-electron chi connectivity index (χ1n) is 9.84. The van der Waals surface area contributed by atoms with E-state index in [2.05, 4.69) is 30.9 Å². The molecule has 2 atom stereocenters. The highest BCUT2D eigenvalue weighted by Crippen LogP contribution is 2.24. The van der Waals surface area contributed by atoms with Crippen LogP contribution in [0, 0.1) is 0 Å². The van der Waals surface area contributed by atoms with Gasteiger partial charge in [-0.3, -0.25) is 9.48 Å². The van der Waals surface area contributed by atoms with Crippen molar-refractivity contribution in [1.29, 1.82) is 0 Å². The normalized spacial score (nSPS) is 19.2. The Kier molecular flexibility index (Phi) is 5.26. The van der Waals surface area contributed by atoms with E-state index in [-0.39, 0.29) is 23.6 Å². The average molecular weight is 395 g/mol. The predicted octanol–water partition coefficient (Wildman–Crippen LogP) is 1.77. The zero-order chi connectivity index (χ0) is 20.4. The third kappa shape index (κ3) is 3.97. The number of nitrogens with one attached hydrogen (secondary N) is 2. The number of aryl methyl sites for hydroxylation is 1. The van der Waals surface area contributed by atoms with Gasteiger partial charge in [-0.1, -0.05) is 12.8 Å². The standard InChI is InChI=1S/C19H25N9O/c1-2-28-15-9-12(8-7-11(15)10-22-28)23-18-16(17(21)29)26-27-19(25-18)24-14-6-4-3-5-13(14)20/h7-10,13-14H,2-6,20H2,1H3,(H2,21,29)(H2,23,24,25,27)/t13-,14-/m1/s1. The minimum absolute atomic E-state index is 0.0208. The van der Waals surface area contributed by atoms with Crippen LogP contribution >= 0.6 is 0 Å². The van der Waals surface area contributed by atoms with Crippen molar-refractivity contribution < 1.29 is 4.79 Å². The Morgan fingerprint density at radius 1 is 1.28 bits per heavy atom. The fourth-order valence-corrected chi connectivity index (χ4v) is 3.68. The molecule has 0 spiro atoms. The second-order valence-electron chi connectivity index (χ2n) is 7.25. The minimum Gasteiger partial charge on any atom is -0.364 e. The third-order valence-electron chi connectivity index (χ3n) is 5.26. The Labute approximate surface area is 168 Å². The molecule has 1 saturated carbocycles. The van der Waals surface area contributed by atoms with Crippen LogP contribution in [-0.4, -0.2) is 43.0 Å². The van der Waals surface area contributed by atoms with Gasteiger partial charge >= 0.3 is 0 Å². The van der Waals surface area contributed by atoms with Gasteiger partial charge in [0.15, 0.2) is 11.5 Å². The van der Waals surface area contributed by atoms with Gasteiger partial charge in [0.2, 0.25) is 5.95 Å². The molecule has 0 unspecified atom stereocenters. The van der Waals surface area contributed by atoms with E-state index in [1.54, 1.807) is 0 Å². The summed E-state index contributed by atoms with van der Waals surface area (Å²) in [6.45, 7) is 2.78. The molecule has 0 radical (unpaired) electrons. The summed E-state index contributed by atoms with van der Waals surface area (Å²) in [5, 5.41) is 19.8. The Hall–Kier alpha value is -3.27. The first kappa shape index (κ1) is 19.1. The Morgan fingerprint density at radius 3 is 2.86 bits per heavy atom. The van der Waals surface area contributed by atoms with Crippen LogP contribution in [0.3, 0.4) is 0 Å². The number of amides is 1. The topological polar surface area (TPSA) is 150 Å². The number of rotatable bonds is 6. The van der Waals surface area contributed by atoms with Gasteiger partial charge in [-0.25, -0.2) is 0 Å². The van der Waals surface area contributed by atoms with Crippen LogP contribution in [-0.2, 0) is 6.54 Å². The number of nitrogens with two attached hydrogens (primary N) is 2. The van der Waals surface area contributed by atoms with Gasteiger partial charge in [-0.15, -0.1) is 10.2 Å². The highest BCUT2D eigenvalue weighted by atomic mass is 16.1. The van der Waals surface area contributed by atoms with Crippen molar-refractivity contribution in [2.75, 3.05) is 10.6 Å². The fraction of sp³-hybridized carbons (Fsp3) is 0.421. The summed E-state index contributed by atoms with van der Waals surface area (Å²) < 4.78 is 1.89. The molecule has 152 valence electrons. The maximum absolute atomic E-state index is 11.8. The molecule has 1 fully saturated rings. The molecule has 1 aliphatic rings. The van der Waals surface area contributed by atoms with Crippen LogP contribution in [0.15, 0.2) is 24.4 Å². The molecular weight excluding hydrogens is 370 g/mol. The Bertz CT molecular complexity index is 1030. The second-order valence-corrected chi connectivity index (χ2v) is 7.25. The Balaban J connectivity index is 1.63. The molecule has 6 N–H and O–H groups in total. The van der Waals surface area contributed by atoms with Crippen LogP contribution < -0.4 is 22.1 Å². The molecule has 29 heavy (non-hydrogen) atoms. The summed E-state index contributed by atoms with van der Waals surface area (Å²) in [7, 11) is 0. The molecule has 1 aliphatic carbocycles. The van der Waals surface area contributed by atoms with Crippen LogP contribution in [0.2, 0.25) is 0 Å². The summed E-state index contributed by atoms with van der Waals surface area (Å²) in [5.41, 5.74) is 13.4. The first-order chi connectivity index (χ1) is 14.0. The smallest absolute Gasteiger partial charge is 0.273 e. The summed E-state index contributed by atoms with van der Waals surface area (Å²) in [6.07, 6.45) is 5.96. The summed E-state index contributed by atoms with van der Waals surface area (Å²) in [5.74, 6) is -0.131. The van der Waals surface area contributed by atoms with Crippen LogP contribution in [0.4, 0.5) is 17.5 Å². The highest BCUT2D eigenvalue weighted by molar-refractivity contribution is 5.96. The van der Waals surface area contributed by atoms with Crippen LogP contribution in [0.25, 0.3) is 10.9 Å². The summed E-state index contributed by atoms with van der Waals surface area (Å²) in [6, 6.07) is 5.91. The molecule has 2 heterocycles. The number of carbonyl (C=O) groups excluding carboxylic acids is 1. The largest absolute Gasteiger partial charge is 0.364 e. The lowest BCUT2D eigenvalue weighted by Crippen LogP contribution is -2.43. The molecule has 3 aromatic rings. The Morgan fingerprint density at radius 2 is 2.10 bits per heavy atom. The number of fused-ring (bicyclic) bond motifs is 1. The molecule has 1 amide bonds. The zero-order valence-corrected chi connectivity index (χ0v) is 16.3. The van der Waals surface area contributed by atoms with Gasteiger partial charge in [0.1, 0.15) is 0 Å². The van der Waals surface area contributed by atoms with E-state index in [0.29, 0.717) is 5.95 Å². The fourth-order valence-electron chi connectivity index (χ4n) is 3.68. The van der Waals surface area contributed by atoms with Crippen LogP contribution in [0.1, 0.15) is 43.1 Å². The average Bonchev–Trinajstić information content (AvgIpc) is 3.12. The van der Waals surface area contributed by atoms with Gasteiger partial charge in [0, 0.05) is 29.7 Å². The second kappa shape index (κ2) is 8.00. The monoisotopic (exact) mass is 395 g/mol. The number of anilines is 3. The van der Waals surface area contributed by atoms with Crippen molar-refractivity contribution in [3.63, 3.8) is 0 Å². The van der Waals surface area contributed by atoms with E-state index in [0.717, 1.165) is 48.8 Å². The van der Waals surface area contributed by atoms with E-state index in [1.165, 1.54) is 0 Å². The number of hydrogen-bond donors (Lipinski definition) is 4. The maximum atomic E-state index is 11.8. The van der Waals surface area contributed by atoms with E-state index in [1.807, 2.05) is 36.0 Å². The van der Waals surface area contributed by atoms with Gasteiger partial charge in [-0.05, 0) is 38.0 Å². The van der Waals surface area contributed by atoms with Gasteiger partial charge in [0.05, 0.1) is 11.7 Å². The molecule has 0 saturated heterocycles. The number of aromatic nitrogens is 5. The molecule has 10 heteroatoms. The molecule has 10 nitrogen and oxygen atoms in total. The van der Waals surface area contributed by atoms with E-state index in [9.17, 15) is 4.79 Å². The first-order valence-corrected chi connectivity index (χ1v) is 9.84. The summed E-state index contributed by atoms with van der Waals surface area (Å²) >= 11 is 0. The summed E-state index contributed by atoms with van der Waals surface area (Å²) in [4.78, 5) is 16.3. The van der Waals surface area contributed by atoms with Crippen molar-refractivity contribution >= 4 is 34.3 Å². The van der Waals surface area contributed by atoms with Crippen molar-refractivity contribution in [1.82, 2.24) is 25.0 Å². The number of carbonyl (C=O) groups is 1. The van der Waals surface area contributed by atoms with Crippen molar-refractivity contribution in [2.24, 2.45) is 11.5 Å². The van der Waals surface area contributed by atoms with Crippen LogP contribution in [0.5, 0.6) is 0 Å². The molecule has 1 aromatic carbocycles. The van der Waals surface area contributed by atoms with Gasteiger partial charge in [0.25, 0.3) is 5.91 Å². The van der Waals surface area contributed by atoms with Gasteiger partial charge in [-0.2, -0.15) is 10.1 Å². The van der Waals surface area contributed by atoms with E-state index in [4.69, 9.17) is 11.5 Å². The quantitative estimate of drug-likeness (QED) is 0.493. The lowest BCUT2D eigenvalue weighted by molar-refractivity contribution is 0.0995. The van der Waals surface area contributed by atoms with Crippen molar-refractivity contribution in [3.05, 3.63) is 30.1 Å². The number of nitrogens with zero attached hydrogens (tertiary/aromatic N) is 5. The molecule has 0 bridgehead atoms. The molecular formula is C19H25N9O. The minimum atomic E-state index is -0.701.